The van der Waals surface area contributed by atoms with Crippen LogP contribution in [0.5, 0.6) is 11.5 Å². The van der Waals surface area contributed by atoms with Crippen LogP contribution in [0.4, 0.5) is 11.5 Å². The number of nitrogens with zero attached hydrogens (tertiary/aromatic N) is 4. The molecule has 2 aromatic heterocycles. The number of hydrogen-bond acceptors (Lipinski definition) is 7. The Labute approximate surface area is 163 Å². The molecule has 0 atom stereocenters. The lowest BCUT2D eigenvalue weighted by atomic mass is 10.1. The highest BCUT2D eigenvalue weighted by molar-refractivity contribution is 5.77. The van der Waals surface area contributed by atoms with Gasteiger partial charge in [-0.3, -0.25) is 4.90 Å². The van der Waals surface area contributed by atoms with E-state index in [1.807, 2.05) is 28.9 Å². The summed E-state index contributed by atoms with van der Waals surface area (Å²) in [6, 6.07) is 8.29. The fourth-order valence-corrected chi connectivity index (χ4v) is 3.85. The predicted octanol–water partition coefficient (Wildman–Crippen LogP) is 2.17. The molecular weight excluding hydrogens is 356 g/mol. The third-order valence-electron chi connectivity index (χ3n) is 5.37. The fraction of sp³-hybridized carbons (Fsp3) is 0.400. The highest BCUT2D eigenvalue weighted by Crippen LogP contribution is 2.34. The van der Waals surface area contributed by atoms with Gasteiger partial charge in [-0.2, -0.15) is 5.10 Å². The van der Waals surface area contributed by atoms with Gasteiger partial charge >= 0.3 is 0 Å². The van der Waals surface area contributed by atoms with Crippen molar-refractivity contribution < 1.29 is 9.47 Å². The van der Waals surface area contributed by atoms with Crippen molar-refractivity contribution in [3.8, 4) is 11.5 Å². The number of ether oxygens (including phenoxy) is 2. The summed E-state index contributed by atoms with van der Waals surface area (Å²) in [4.78, 5) is 6.94. The van der Waals surface area contributed by atoms with Gasteiger partial charge in [-0.25, -0.2) is 9.50 Å². The molecule has 28 heavy (non-hydrogen) atoms. The largest absolute Gasteiger partial charge is 0.486 e. The molecule has 5 rings (SSSR count). The smallest absolute Gasteiger partial charge is 0.163 e. The van der Waals surface area contributed by atoms with Crippen LogP contribution >= 0.6 is 0 Å². The van der Waals surface area contributed by atoms with E-state index < -0.39 is 0 Å². The van der Waals surface area contributed by atoms with Gasteiger partial charge in [0.2, 0.25) is 0 Å². The quantitative estimate of drug-likeness (QED) is 0.717. The highest BCUT2D eigenvalue weighted by atomic mass is 16.6. The zero-order valence-electron chi connectivity index (χ0n) is 15.7. The molecular formula is C20H24N6O2. The summed E-state index contributed by atoms with van der Waals surface area (Å²) in [6.07, 6.45) is 5.64. The first-order valence-corrected chi connectivity index (χ1v) is 9.72. The molecule has 8 heteroatoms. The van der Waals surface area contributed by atoms with Gasteiger partial charge in [0, 0.05) is 30.5 Å². The van der Waals surface area contributed by atoms with Crippen LogP contribution in [0.3, 0.4) is 0 Å². The molecule has 0 bridgehead atoms. The number of likely N-dealkylation sites (tertiary alicyclic amines) is 1. The maximum atomic E-state index is 6.04. The van der Waals surface area contributed by atoms with Gasteiger partial charge < -0.3 is 20.5 Å². The highest BCUT2D eigenvalue weighted by Gasteiger charge is 2.19. The van der Waals surface area contributed by atoms with Gasteiger partial charge in [0.15, 0.2) is 17.3 Å². The number of nitrogens with two attached hydrogens (primary N) is 1. The van der Waals surface area contributed by atoms with Gasteiger partial charge in [0.1, 0.15) is 25.1 Å². The van der Waals surface area contributed by atoms with E-state index in [9.17, 15) is 0 Å². The number of benzene rings is 1. The zero-order chi connectivity index (χ0) is 18.9. The lowest BCUT2D eigenvalue weighted by Gasteiger charge is -2.29. The van der Waals surface area contributed by atoms with Crippen molar-refractivity contribution >= 4 is 17.0 Å². The van der Waals surface area contributed by atoms with Crippen molar-refractivity contribution in [1.29, 1.82) is 0 Å². The molecule has 0 saturated carbocycles. The minimum Gasteiger partial charge on any atom is -0.486 e. The minimum atomic E-state index is 0.331. The number of nitrogens with one attached hydrogen (secondary N) is 1. The standard InChI is InChI=1S/C20H24N6O2/c21-15-4-6-25(7-5-15)12-14-3-8-26-19(14)20(22-13-23-26)24-16-1-2-17-18(11-16)28-10-9-27-17/h1-3,8,11,13,15H,4-7,9-10,12,21H2,(H,22,23,24). The van der Waals surface area contributed by atoms with Gasteiger partial charge in [-0.15, -0.1) is 0 Å². The van der Waals surface area contributed by atoms with Crippen molar-refractivity contribution in [3.05, 3.63) is 42.4 Å². The predicted molar refractivity (Wildman–Crippen MR) is 106 cm³/mol. The van der Waals surface area contributed by atoms with Crippen LogP contribution in [0.15, 0.2) is 36.8 Å². The Bertz CT molecular complexity index is 980. The molecule has 0 amide bonds. The number of hydrogen-bond donors (Lipinski definition) is 2. The minimum absolute atomic E-state index is 0.331. The third kappa shape index (κ3) is 3.36. The molecule has 0 unspecified atom stereocenters. The third-order valence-corrected chi connectivity index (χ3v) is 5.37. The number of fused-ring (bicyclic) bond motifs is 2. The maximum absolute atomic E-state index is 6.04. The Hall–Kier alpha value is -2.84. The second-order valence-corrected chi connectivity index (χ2v) is 7.34. The molecule has 3 N–H and O–H groups in total. The summed E-state index contributed by atoms with van der Waals surface area (Å²) < 4.78 is 13.2. The van der Waals surface area contributed by atoms with E-state index in [1.165, 1.54) is 5.56 Å². The number of aromatic nitrogens is 3. The SMILES string of the molecule is NC1CCN(Cc2ccn3ncnc(Nc4ccc5c(c4)OCCO5)c23)CC1. The van der Waals surface area contributed by atoms with Gasteiger partial charge in [-0.1, -0.05) is 0 Å². The average molecular weight is 380 g/mol. The van der Waals surface area contributed by atoms with Crippen LogP contribution in [0, 0.1) is 0 Å². The first-order chi connectivity index (χ1) is 13.8. The Morgan fingerprint density at radius 1 is 1.11 bits per heavy atom. The molecule has 1 saturated heterocycles. The topological polar surface area (TPSA) is 89.9 Å². The van der Waals surface area contributed by atoms with Crippen LogP contribution in [0.25, 0.3) is 5.52 Å². The zero-order valence-corrected chi connectivity index (χ0v) is 15.7. The molecule has 4 heterocycles. The summed E-state index contributed by atoms with van der Waals surface area (Å²) in [5.74, 6) is 2.30. The molecule has 146 valence electrons. The first kappa shape index (κ1) is 17.3. The molecule has 0 spiro atoms. The molecule has 0 radical (unpaired) electrons. The number of rotatable bonds is 4. The Balaban J connectivity index is 1.42. The maximum Gasteiger partial charge on any atom is 0.163 e. The van der Waals surface area contributed by atoms with Crippen LogP contribution in [0.2, 0.25) is 0 Å². The second kappa shape index (κ2) is 7.29. The number of anilines is 2. The summed E-state index contributed by atoms with van der Waals surface area (Å²) in [6.45, 7) is 4.07. The van der Waals surface area contributed by atoms with E-state index in [2.05, 4.69) is 26.4 Å². The van der Waals surface area contributed by atoms with E-state index in [-0.39, 0.29) is 0 Å². The molecule has 0 aliphatic carbocycles. The van der Waals surface area contributed by atoms with Gasteiger partial charge in [0.25, 0.3) is 0 Å². The second-order valence-electron chi connectivity index (χ2n) is 7.34. The van der Waals surface area contributed by atoms with Crippen molar-refractivity contribution in [2.45, 2.75) is 25.4 Å². The molecule has 8 nitrogen and oxygen atoms in total. The van der Waals surface area contributed by atoms with E-state index in [4.69, 9.17) is 15.2 Å². The van der Waals surface area contributed by atoms with Crippen molar-refractivity contribution in [2.75, 3.05) is 31.6 Å². The van der Waals surface area contributed by atoms with E-state index in [0.717, 1.165) is 61.0 Å². The molecule has 2 aliphatic heterocycles. The Morgan fingerprint density at radius 3 is 2.79 bits per heavy atom. The summed E-state index contributed by atoms with van der Waals surface area (Å²) in [5.41, 5.74) is 9.14. The lowest BCUT2D eigenvalue weighted by molar-refractivity contribution is 0.171. The van der Waals surface area contributed by atoms with Crippen molar-refractivity contribution in [3.63, 3.8) is 0 Å². The molecule has 1 fully saturated rings. The van der Waals surface area contributed by atoms with Crippen LogP contribution < -0.4 is 20.5 Å². The summed E-state index contributed by atoms with van der Waals surface area (Å²) >= 11 is 0. The van der Waals surface area contributed by atoms with E-state index >= 15 is 0 Å². The van der Waals surface area contributed by atoms with Crippen LogP contribution in [0.1, 0.15) is 18.4 Å². The van der Waals surface area contributed by atoms with E-state index in [0.29, 0.717) is 19.3 Å². The number of piperidine rings is 1. The van der Waals surface area contributed by atoms with Crippen molar-refractivity contribution in [1.82, 2.24) is 19.5 Å². The fourth-order valence-electron chi connectivity index (χ4n) is 3.85. The summed E-state index contributed by atoms with van der Waals surface area (Å²) in [7, 11) is 0. The molecule has 1 aromatic carbocycles. The Kier molecular flexibility index (Phi) is 4.50. The monoisotopic (exact) mass is 380 g/mol. The van der Waals surface area contributed by atoms with Crippen molar-refractivity contribution in [2.24, 2.45) is 5.73 Å². The van der Waals surface area contributed by atoms with Crippen LogP contribution in [-0.4, -0.2) is 51.8 Å². The van der Waals surface area contributed by atoms with Gasteiger partial charge in [-0.05, 0) is 49.7 Å². The first-order valence-electron chi connectivity index (χ1n) is 9.72. The lowest BCUT2D eigenvalue weighted by Crippen LogP contribution is -2.39. The normalized spacial score (nSPS) is 17.8. The Morgan fingerprint density at radius 2 is 1.93 bits per heavy atom. The van der Waals surface area contributed by atoms with Gasteiger partial charge in [0.05, 0.1) is 0 Å². The molecule has 2 aliphatic rings. The van der Waals surface area contributed by atoms with Crippen LogP contribution in [-0.2, 0) is 6.54 Å². The molecule has 3 aromatic rings. The average Bonchev–Trinajstić information content (AvgIpc) is 3.13. The van der Waals surface area contributed by atoms with E-state index in [1.54, 1.807) is 6.33 Å². The summed E-state index contributed by atoms with van der Waals surface area (Å²) in [5, 5.41) is 7.78.